The van der Waals surface area contributed by atoms with Gasteiger partial charge in [0.05, 0.1) is 18.2 Å². The van der Waals surface area contributed by atoms with Crippen molar-refractivity contribution in [3.05, 3.63) is 46.6 Å². The zero-order chi connectivity index (χ0) is 19.1. The molecule has 1 heterocycles. The first-order chi connectivity index (χ1) is 12.2. The molecule has 0 saturated carbocycles. The Bertz CT molecular complexity index is 1170. The van der Waals surface area contributed by atoms with Gasteiger partial charge < -0.3 is 24.2 Å². The van der Waals surface area contributed by atoms with Gasteiger partial charge in [-0.05, 0) is 29.8 Å². The molecular formula is C16H12NNaO8S. The molecule has 11 heteroatoms. The van der Waals surface area contributed by atoms with E-state index in [2.05, 4.69) is 4.18 Å². The summed E-state index contributed by atoms with van der Waals surface area (Å²) in [5.74, 6) is -0.910. The zero-order valence-corrected chi connectivity index (χ0v) is 17.1. The van der Waals surface area contributed by atoms with E-state index in [9.17, 15) is 18.3 Å². The van der Waals surface area contributed by atoms with Crippen LogP contribution in [0.5, 0.6) is 17.4 Å². The van der Waals surface area contributed by atoms with Gasteiger partial charge in [0.15, 0.2) is 0 Å². The molecule has 136 valence electrons. The van der Waals surface area contributed by atoms with E-state index in [0.717, 1.165) is 12.1 Å². The van der Waals surface area contributed by atoms with Crippen LogP contribution in [-0.2, 0) is 10.4 Å². The van der Waals surface area contributed by atoms with E-state index in [1.165, 1.54) is 31.4 Å². The number of anilines is 1. The second-order valence-corrected chi connectivity index (χ2v) is 6.24. The van der Waals surface area contributed by atoms with E-state index >= 15 is 0 Å². The van der Waals surface area contributed by atoms with Gasteiger partial charge >= 0.3 is 45.9 Å². The maximum Gasteiger partial charge on any atom is 1.00 e. The first-order valence-electron chi connectivity index (χ1n) is 7.08. The van der Waals surface area contributed by atoms with Gasteiger partial charge in [0.2, 0.25) is 5.43 Å². The molecule has 1 aromatic heterocycles. The Kier molecular flexibility index (Phi) is 6.07. The molecule has 0 unspecified atom stereocenters. The van der Waals surface area contributed by atoms with Crippen LogP contribution < -0.4 is 54.7 Å². The molecule has 3 rings (SSSR count). The SMILES string of the molecule is COc1ccc(-c2c(OS(=O)(=O)O)oc3cc([O-])ccc3c2=O)cc1N.[Na+]. The third-order valence-corrected chi connectivity index (χ3v) is 3.89. The molecule has 3 aromatic rings. The molecule has 0 aliphatic rings. The standard InChI is InChI=1S/C16H13NO8S.Na/c1-23-12-5-2-8(6-11(12)17)14-15(19)10-4-3-9(18)7-13(10)24-16(14)25-26(20,21)22;/h2-7,18H,17H2,1H3,(H,20,21,22);/q;+1/p-1. The van der Waals surface area contributed by atoms with Crippen LogP contribution in [0.2, 0.25) is 0 Å². The monoisotopic (exact) mass is 401 g/mol. The summed E-state index contributed by atoms with van der Waals surface area (Å²) >= 11 is 0. The van der Waals surface area contributed by atoms with Gasteiger partial charge in [0, 0.05) is 0 Å². The molecule has 0 radical (unpaired) electrons. The summed E-state index contributed by atoms with van der Waals surface area (Å²) in [6.45, 7) is 0. The number of methoxy groups -OCH3 is 1. The molecule has 27 heavy (non-hydrogen) atoms. The van der Waals surface area contributed by atoms with Crippen molar-refractivity contribution < 1.29 is 61.0 Å². The molecular weight excluding hydrogens is 389 g/mol. The fraction of sp³-hybridized carbons (Fsp3) is 0.0625. The summed E-state index contributed by atoms with van der Waals surface area (Å²) < 4.78 is 45.9. The van der Waals surface area contributed by atoms with Crippen molar-refractivity contribution in [3.8, 4) is 28.6 Å². The quantitative estimate of drug-likeness (QED) is 0.296. The summed E-state index contributed by atoms with van der Waals surface area (Å²) in [6, 6.07) is 7.67. The van der Waals surface area contributed by atoms with Crippen molar-refractivity contribution in [3.63, 3.8) is 0 Å². The summed E-state index contributed by atoms with van der Waals surface area (Å²) in [7, 11) is -3.59. The summed E-state index contributed by atoms with van der Waals surface area (Å²) in [6.07, 6.45) is 0. The number of hydrogen-bond acceptors (Lipinski definition) is 8. The fourth-order valence-electron chi connectivity index (χ4n) is 2.45. The molecule has 0 spiro atoms. The molecule has 0 bridgehead atoms. The van der Waals surface area contributed by atoms with Crippen molar-refractivity contribution in [1.29, 1.82) is 0 Å². The Morgan fingerprint density at radius 3 is 2.48 bits per heavy atom. The number of ether oxygens (including phenoxy) is 1. The van der Waals surface area contributed by atoms with Gasteiger partial charge in [0.25, 0.3) is 0 Å². The number of benzene rings is 2. The van der Waals surface area contributed by atoms with Crippen LogP contribution in [0.4, 0.5) is 5.69 Å². The number of nitrogen functional groups attached to an aromatic ring is 1. The average Bonchev–Trinajstić information content (AvgIpc) is 2.53. The van der Waals surface area contributed by atoms with Crippen LogP contribution in [0.15, 0.2) is 45.6 Å². The minimum Gasteiger partial charge on any atom is -0.872 e. The van der Waals surface area contributed by atoms with E-state index in [0.29, 0.717) is 5.75 Å². The third-order valence-electron chi connectivity index (χ3n) is 3.53. The van der Waals surface area contributed by atoms with Crippen molar-refractivity contribution in [1.82, 2.24) is 0 Å². The van der Waals surface area contributed by atoms with Gasteiger partial charge in [0.1, 0.15) is 16.9 Å². The van der Waals surface area contributed by atoms with E-state index in [1.54, 1.807) is 0 Å². The predicted molar refractivity (Wildman–Crippen MR) is 90.5 cm³/mol. The Morgan fingerprint density at radius 2 is 1.89 bits per heavy atom. The Labute approximate surface area is 175 Å². The Hall–Kier alpha value is -2.24. The predicted octanol–water partition coefficient (Wildman–Crippen LogP) is -1.69. The molecule has 3 N–H and O–H groups in total. The first-order valence-corrected chi connectivity index (χ1v) is 8.45. The average molecular weight is 401 g/mol. The summed E-state index contributed by atoms with van der Waals surface area (Å²) in [5, 5.41) is 11.5. The van der Waals surface area contributed by atoms with Gasteiger partial charge in [-0.1, -0.05) is 12.1 Å². The minimum atomic E-state index is -4.99. The van der Waals surface area contributed by atoms with Crippen molar-refractivity contribution in [2.45, 2.75) is 0 Å². The van der Waals surface area contributed by atoms with Crippen LogP contribution in [0.25, 0.3) is 22.1 Å². The van der Waals surface area contributed by atoms with E-state index in [4.69, 9.17) is 19.4 Å². The largest absolute Gasteiger partial charge is 1.00 e. The van der Waals surface area contributed by atoms with Crippen LogP contribution in [-0.4, -0.2) is 20.1 Å². The Balaban J connectivity index is 0.00000261. The minimum absolute atomic E-state index is 0. The molecule has 0 aliphatic carbocycles. The Morgan fingerprint density at radius 1 is 1.19 bits per heavy atom. The van der Waals surface area contributed by atoms with Crippen LogP contribution in [0.3, 0.4) is 0 Å². The first kappa shape index (κ1) is 21.1. The number of fused-ring (bicyclic) bond motifs is 1. The van der Waals surface area contributed by atoms with Gasteiger partial charge in [-0.3, -0.25) is 9.35 Å². The maximum absolute atomic E-state index is 12.8. The van der Waals surface area contributed by atoms with Crippen LogP contribution in [0.1, 0.15) is 0 Å². The van der Waals surface area contributed by atoms with Crippen LogP contribution >= 0.6 is 0 Å². The maximum atomic E-state index is 12.8. The number of hydrogen-bond donors (Lipinski definition) is 2. The zero-order valence-electron chi connectivity index (χ0n) is 14.3. The number of nitrogens with two attached hydrogens (primary N) is 1. The molecule has 0 atom stereocenters. The van der Waals surface area contributed by atoms with E-state index in [1.807, 2.05) is 0 Å². The van der Waals surface area contributed by atoms with Crippen LogP contribution in [0, 0.1) is 0 Å². The molecule has 0 fully saturated rings. The molecule has 9 nitrogen and oxygen atoms in total. The molecule has 0 aliphatic heterocycles. The smallest absolute Gasteiger partial charge is 0.872 e. The van der Waals surface area contributed by atoms with Gasteiger partial charge in [-0.25, -0.2) is 0 Å². The van der Waals surface area contributed by atoms with Crippen molar-refractivity contribution in [2.75, 3.05) is 12.8 Å². The number of rotatable bonds is 4. The second kappa shape index (κ2) is 7.79. The summed E-state index contributed by atoms with van der Waals surface area (Å²) in [5.41, 5.74) is 5.02. The normalized spacial score (nSPS) is 11.0. The summed E-state index contributed by atoms with van der Waals surface area (Å²) in [4.78, 5) is 12.8. The molecule has 0 amide bonds. The van der Waals surface area contributed by atoms with Gasteiger partial charge in [-0.15, -0.1) is 5.75 Å². The van der Waals surface area contributed by atoms with Gasteiger partial charge in [-0.2, -0.15) is 8.42 Å². The molecule has 0 saturated heterocycles. The second-order valence-electron chi connectivity index (χ2n) is 5.22. The van der Waals surface area contributed by atoms with E-state index < -0.39 is 27.5 Å². The third kappa shape index (κ3) is 4.37. The van der Waals surface area contributed by atoms with E-state index in [-0.39, 0.29) is 57.3 Å². The molecule has 2 aromatic carbocycles. The topological polar surface area (TPSA) is 152 Å². The van der Waals surface area contributed by atoms with Crippen molar-refractivity contribution >= 4 is 27.1 Å². The van der Waals surface area contributed by atoms with Crippen molar-refractivity contribution in [2.24, 2.45) is 0 Å². The fourth-order valence-corrected chi connectivity index (χ4v) is 2.75.